The minimum absolute atomic E-state index is 0.266. The topological polar surface area (TPSA) is 63.6 Å². The highest BCUT2D eigenvalue weighted by Crippen LogP contribution is 2.14. The van der Waals surface area contributed by atoms with Gasteiger partial charge in [-0.15, -0.1) is 5.10 Å². The van der Waals surface area contributed by atoms with Crippen molar-refractivity contribution in [1.29, 1.82) is 0 Å². The Morgan fingerprint density at radius 3 is 2.93 bits per heavy atom. The summed E-state index contributed by atoms with van der Waals surface area (Å²) in [7, 11) is 0. The van der Waals surface area contributed by atoms with E-state index in [4.69, 9.17) is 5.73 Å². The lowest BCUT2D eigenvalue weighted by molar-refractivity contribution is 0.779. The first-order chi connectivity index (χ1) is 6.77. The van der Waals surface area contributed by atoms with Crippen LogP contribution in [0, 0.1) is 5.92 Å². The van der Waals surface area contributed by atoms with Crippen molar-refractivity contribution in [3.05, 3.63) is 30.1 Å². The molecular formula is C10H12N4. The smallest absolute Gasteiger partial charge is 0.125 e. The number of pyridine rings is 1. The third-order valence-corrected chi connectivity index (χ3v) is 2.29. The Morgan fingerprint density at radius 1 is 1.43 bits per heavy atom. The van der Waals surface area contributed by atoms with Crippen molar-refractivity contribution < 1.29 is 0 Å². The van der Waals surface area contributed by atoms with E-state index in [1.807, 2.05) is 19.1 Å². The second-order valence-electron chi connectivity index (χ2n) is 3.42. The predicted octanol–water partition coefficient (Wildman–Crippen LogP) is 1.18. The van der Waals surface area contributed by atoms with Crippen molar-refractivity contribution in [2.75, 3.05) is 0 Å². The largest absolute Gasteiger partial charge is 0.385 e. The number of amidine groups is 1. The Labute approximate surface area is 82.6 Å². The van der Waals surface area contributed by atoms with Crippen LogP contribution in [0.5, 0.6) is 0 Å². The maximum Gasteiger partial charge on any atom is 0.125 e. The molecule has 2 heterocycles. The van der Waals surface area contributed by atoms with E-state index >= 15 is 0 Å². The predicted molar refractivity (Wildman–Crippen MR) is 56.2 cm³/mol. The standard InChI is InChI=1S/C10H12N4/c1-7-5-9(13-14-10(7)11)8-3-2-4-12-6-8/h2-4,6-7H,5H2,1H3,(H2,11,14). The van der Waals surface area contributed by atoms with Gasteiger partial charge in [-0.3, -0.25) is 4.98 Å². The number of hydrogen-bond donors (Lipinski definition) is 1. The molecule has 1 unspecified atom stereocenters. The van der Waals surface area contributed by atoms with Crippen LogP contribution in [-0.2, 0) is 0 Å². The molecule has 14 heavy (non-hydrogen) atoms. The normalized spacial score (nSPS) is 21.4. The van der Waals surface area contributed by atoms with E-state index in [-0.39, 0.29) is 5.92 Å². The van der Waals surface area contributed by atoms with Crippen molar-refractivity contribution in [3.63, 3.8) is 0 Å². The van der Waals surface area contributed by atoms with Crippen LogP contribution in [0.3, 0.4) is 0 Å². The van der Waals surface area contributed by atoms with E-state index in [0.717, 1.165) is 17.7 Å². The average molecular weight is 188 g/mol. The molecular weight excluding hydrogens is 176 g/mol. The van der Waals surface area contributed by atoms with Crippen LogP contribution in [0.15, 0.2) is 34.7 Å². The van der Waals surface area contributed by atoms with Crippen molar-refractivity contribution in [2.24, 2.45) is 21.9 Å². The molecule has 1 aliphatic rings. The Balaban J connectivity index is 2.30. The van der Waals surface area contributed by atoms with Crippen LogP contribution in [0.2, 0.25) is 0 Å². The molecule has 1 atom stereocenters. The zero-order valence-corrected chi connectivity index (χ0v) is 8.01. The summed E-state index contributed by atoms with van der Waals surface area (Å²) in [4.78, 5) is 4.04. The summed E-state index contributed by atoms with van der Waals surface area (Å²) < 4.78 is 0. The zero-order chi connectivity index (χ0) is 9.97. The zero-order valence-electron chi connectivity index (χ0n) is 8.01. The third kappa shape index (κ3) is 1.64. The molecule has 0 spiro atoms. The van der Waals surface area contributed by atoms with Gasteiger partial charge in [-0.25, -0.2) is 0 Å². The fraction of sp³-hybridized carbons (Fsp3) is 0.300. The first kappa shape index (κ1) is 8.87. The minimum atomic E-state index is 0.266. The van der Waals surface area contributed by atoms with E-state index in [1.54, 1.807) is 12.4 Å². The summed E-state index contributed by atoms with van der Waals surface area (Å²) in [5, 5.41) is 7.99. The number of aromatic nitrogens is 1. The van der Waals surface area contributed by atoms with E-state index in [9.17, 15) is 0 Å². The van der Waals surface area contributed by atoms with Crippen molar-refractivity contribution in [1.82, 2.24) is 4.98 Å². The molecule has 0 fully saturated rings. The SMILES string of the molecule is CC1CC(c2cccnc2)=NN=C1N. The quantitative estimate of drug-likeness (QED) is 0.719. The van der Waals surface area contributed by atoms with Crippen LogP contribution >= 0.6 is 0 Å². The van der Waals surface area contributed by atoms with E-state index in [1.165, 1.54) is 0 Å². The van der Waals surface area contributed by atoms with E-state index < -0.39 is 0 Å². The minimum Gasteiger partial charge on any atom is -0.385 e. The average Bonchev–Trinajstić information content (AvgIpc) is 2.23. The number of hydrogen-bond acceptors (Lipinski definition) is 4. The number of rotatable bonds is 1. The van der Waals surface area contributed by atoms with E-state index in [0.29, 0.717) is 5.84 Å². The van der Waals surface area contributed by atoms with Crippen LogP contribution in [0.4, 0.5) is 0 Å². The van der Waals surface area contributed by atoms with Gasteiger partial charge < -0.3 is 5.73 Å². The first-order valence-corrected chi connectivity index (χ1v) is 4.57. The van der Waals surface area contributed by atoms with Gasteiger partial charge in [0.05, 0.1) is 5.71 Å². The first-order valence-electron chi connectivity index (χ1n) is 4.57. The van der Waals surface area contributed by atoms with Crippen LogP contribution in [-0.4, -0.2) is 16.5 Å². The highest BCUT2D eigenvalue weighted by Gasteiger charge is 2.16. The number of nitrogens with zero attached hydrogens (tertiary/aromatic N) is 3. The summed E-state index contributed by atoms with van der Waals surface area (Å²) in [6.45, 7) is 2.05. The van der Waals surface area contributed by atoms with Gasteiger partial charge in [-0.2, -0.15) is 5.10 Å². The Kier molecular flexibility index (Phi) is 2.26. The molecule has 0 aromatic carbocycles. The molecule has 0 amide bonds. The van der Waals surface area contributed by atoms with Gasteiger partial charge in [0.2, 0.25) is 0 Å². The molecule has 0 aliphatic carbocycles. The molecule has 0 radical (unpaired) electrons. The highest BCUT2D eigenvalue weighted by molar-refractivity contribution is 6.04. The monoisotopic (exact) mass is 188 g/mol. The van der Waals surface area contributed by atoms with Gasteiger partial charge in [0.1, 0.15) is 5.84 Å². The van der Waals surface area contributed by atoms with Gasteiger partial charge in [-0.1, -0.05) is 13.0 Å². The summed E-state index contributed by atoms with van der Waals surface area (Å²) in [6.07, 6.45) is 4.37. The van der Waals surface area contributed by atoms with Gasteiger partial charge in [0.15, 0.2) is 0 Å². The third-order valence-electron chi connectivity index (χ3n) is 2.29. The molecule has 0 bridgehead atoms. The number of nitrogens with two attached hydrogens (primary N) is 1. The van der Waals surface area contributed by atoms with Gasteiger partial charge in [-0.05, 0) is 6.07 Å². The lowest BCUT2D eigenvalue weighted by atomic mass is 9.98. The second-order valence-corrected chi connectivity index (χ2v) is 3.42. The highest BCUT2D eigenvalue weighted by atomic mass is 15.2. The summed E-state index contributed by atoms with van der Waals surface area (Å²) >= 11 is 0. The molecule has 4 nitrogen and oxygen atoms in total. The molecule has 0 saturated carbocycles. The fourth-order valence-electron chi connectivity index (χ4n) is 1.36. The maximum atomic E-state index is 5.65. The molecule has 1 aliphatic heterocycles. The van der Waals surface area contributed by atoms with E-state index in [2.05, 4.69) is 15.2 Å². The molecule has 0 saturated heterocycles. The van der Waals surface area contributed by atoms with Crippen molar-refractivity contribution >= 4 is 11.5 Å². The van der Waals surface area contributed by atoms with Gasteiger partial charge >= 0.3 is 0 Å². The summed E-state index contributed by atoms with van der Waals surface area (Å²) in [6, 6.07) is 3.87. The maximum absolute atomic E-state index is 5.65. The molecule has 1 aromatic heterocycles. The van der Waals surface area contributed by atoms with Crippen LogP contribution < -0.4 is 5.73 Å². The molecule has 2 N–H and O–H groups in total. The van der Waals surface area contributed by atoms with Gasteiger partial charge in [0.25, 0.3) is 0 Å². The Hall–Kier alpha value is -1.71. The molecule has 2 rings (SSSR count). The lowest BCUT2D eigenvalue weighted by Gasteiger charge is -2.15. The van der Waals surface area contributed by atoms with Gasteiger partial charge in [0, 0.05) is 30.3 Å². The Morgan fingerprint density at radius 2 is 2.29 bits per heavy atom. The molecule has 1 aromatic rings. The Bertz CT molecular complexity index is 380. The lowest BCUT2D eigenvalue weighted by Crippen LogP contribution is -2.26. The molecule has 4 heteroatoms. The fourth-order valence-corrected chi connectivity index (χ4v) is 1.36. The van der Waals surface area contributed by atoms with Crippen molar-refractivity contribution in [2.45, 2.75) is 13.3 Å². The van der Waals surface area contributed by atoms with Crippen LogP contribution in [0.25, 0.3) is 0 Å². The molecule has 72 valence electrons. The summed E-state index contributed by atoms with van der Waals surface area (Å²) in [5.41, 5.74) is 7.63. The van der Waals surface area contributed by atoms with Crippen LogP contribution in [0.1, 0.15) is 18.9 Å². The summed E-state index contributed by atoms with van der Waals surface area (Å²) in [5.74, 6) is 0.875. The second kappa shape index (κ2) is 3.57. The van der Waals surface area contributed by atoms with Crippen molar-refractivity contribution in [3.8, 4) is 0 Å².